The van der Waals surface area contributed by atoms with Crippen molar-refractivity contribution in [3.05, 3.63) is 36.2 Å². The van der Waals surface area contributed by atoms with Crippen LogP contribution in [-0.4, -0.2) is 43.0 Å². The van der Waals surface area contributed by atoms with Gasteiger partial charge in [0.25, 0.3) is 0 Å². The zero-order valence-corrected chi connectivity index (χ0v) is 13.4. The minimum atomic E-state index is -1.08. The Hall–Kier alpha value is -2.21. The molecule has 0 fully saturated rings. The molecule has 22 heavy (non-hydrogen) atoms. The number of fused-ring (bicyclic) bond motifs is 1. The number of hydrogen-bond acceptors (Lipinski definition) is 5. The van der Waals surface area contributed by atoms with Crippen LogP contribution in [0.15, 0.2) is 30.5 Å². The molecule has 0 radical (unpaired) electrons. The lowest BCUT2D eigenvalue weighted by Gasteiger charge is -2.11. The number of anilines is 1. The molecule has 120 valence electrons. The average molecular weight is 307 g/mol. The fourth-order valence-corrected chi connectivity index (χ4v) is 1.83. The van der Waals surface area contributed by atoms with Gasteiger partial charge < -0.3 is 10.2 Å². The summed E-state index contributed by atoms with van der Waals surface area (Å²) >= 11 is 0. The number of carbonyl (C=O) groups is 1. The molecule has 0 aliphatic heterocycles. The number of halogens is 1. The van der Waals surface area contributed by atoms with Gasteiger partial charge in [-0.05, 0) is 37.7 Å². The van der Waals surface area contributed by atoms with Crippen LogP contribution in [0.5, 0.6) is 0 Å². The minimum Gasteiger partial charge on any atom is -0.384 e. The number of likely N-dealkylation sites (N-methyl/N-ethyl adjacent to an activating group) is 1. The highest BCUT2D eigenvalue weighted by Crippen LogP contribution is 2.19. The summed E-state index contributed by atoms with van der Waals surface area (Å²) in [5.41, 5.74) is 0.926. The van der Waals surface area contributed by atoms with Crippen molar-refractivity contribution in [3.63, 3.8) is 0 Å². The number of benzene rings is 1. The van der Waals surface area contributed by atoms with E-state index < -0.39 is 5.97 Å². The lowest BCUT2D eigenvalue weighted by molar-refractivity contribution is -0.0793. The number of nitrogens with one attached hydrogen (secondary N) is 1. The third kappa shape index (κ3) is 4.96. The van der Waals surface area contributed by atoms with Gasteiger partial charge in [0.1, 0.15) is 0 Å². The van der Waals surface area contributed by atoms with Crippen LogP contribution < -0.4 is 5.32 Å². The largest absolute Gasteiger partial charge is 0.397 e. The van der Waals surface area contributed by atoms with Crippen molar-refractivity contribution < 1.29 is 14.3 Å². The molecule has 0 spiro atoms. The van der Waals surface area contributed by atoms with Crippen LogP contribution in [0.1, 0.15) is 24.3 Å². The lowest BCUT2D eigenvalue weighted by atomic mass is 10.1. The third-order valence-corrected chi connectivity index (χ3v) is 2.89. The molecule has 5 nitrogen and oxygen atoms in total. The SMILES string of the molecule is CC.CN(C)CCNc1ccc2cc(C(=O)OF)ncc2c1. The van der Waals surface area contributed by atoms with Crippen LogP contribution >= 0.6 is 0 Å². The number of aromatic nitrogens is 1. The summed E-state index contributed by atoms with van der Waals surface area (Å²) in [6, 6.07) is 7.19. The standard InChI is InChI=1S/C14H16FN3O2.C2H6/c1-18(2)6-5-16-12-4-3-10-8-13(14(19)20-15)17-9-11(10)7-12;1-2/h3-4,7-9,16H,5-6H2,1-2H3;1-2H3. The summed E-state index contributed by atoms with van der Waals surface area (Å²) in [5, 5.41) is 4.97. The van der Waals surface area contributed by atoms with Crippen molar-refractivity contribution in [1.29, 1.82) is 0 Å². The third-order valence-electron chi connectivity index (χ3n) is 2.89. The molecule has 1 aromatic carbocycles. The first-order valence-corrected chi connectivity index (χ1v) is 7.21. The summed E-state index contributed by atoms with van der Waals surface area (Å²) in [4.78, 5) is 20.2. The van der Waals surface area contributed by atoms with E-state index in [-0.39, 0.29) is 5.69 Å². The van der Waals surface area contributed by atoms with Crippen LogP contribution in [0, 0.1) is 0 Å². The van der Waals surface area contributed by atoms with E-state index in [1.54, 1.807) is 0 Å². The van der Waals surface area contributed by atoms with Crippen LogP contribution in [0.25, 0.3) is 10.8 Å². The molecule has 2 aromatic rings. The second-order valence-corrected chi connectivity index (χ2v) is 4.73. The van der Waals surface area contributed by atoms with Gasteiger partial charge >= 0.3 is 5.97 Å². The van der Waals surface area contributed by atoms with Crippen LogP contribution in [-0.2, 0) is 4.94 Å². The Labute approximate surface area is 130 Å². The summed E-state index contributed by atoms with van der Waals surface area (Å²) in [7, 11) is 4.02. The molecule has 0 aliphatic rings. The fraction of sp³-hybridized carbons (Fsp3) is 0.375. The van der Waals surface area contributed by atoms with E-state index in [2.05, 4.69) is 20.1 Å². The van der Waals surface area contributed by atoms with Crippen LogP contribution in [0.4, 0.5) is 10.2 Å². The topological polar surface area (TPSA) is 54.5 Å². The molecule has 0 saturated carbocycles. The molecule has 1 aromatic heterocycles. The molecule has 0 atom stereocenters. The van der Waals surface area contributed by atoms with E-state index >= 15 is 0 Å². The highest BCUT2D eigenvalue weighted by atomic mass is 19.3. The molecule has 0 unspecified atom stereocenters. The first-order chi connectivity index (χ1) is 10.6. The maximum atomic E-state index is 11.8. The zero-order valence-electron chi connectivity index (χ0n) is 13.4. The van der Waals surface area contributed by atoms with Crippen molar-refractivity contribution in [2.75, 3.05) is 32.5 Å². The molecular weight excluding hydrogens is 285 g/mol. The molecule has 1 heterocycles. The predicted octanol–water partition coefficient (Wildman–Crippen LogP) is 3.28. The predicted molar refractivity (Wildman–Crippen MR) is 86.7 cm³/mol. The summed E-state index contributed by atoms with van der Waals surface area (Å²) in [6.45, 7) is 5.76. The normalized spacial score (nSPS) is 10.1. The van der Waals surface area contributed by atoms with Crippen LogP contribution in [0.2, 0.25) is 0 Å². The molecule has 6 heteroatoms. The Morgan fingerprint density at radius 2 is 2.00 bits per heavy atom. The van der Waals surface area contributed by atoms with Gasteiger partial charge in [0.2, 0.25) is 0 Å². The van der Waals surface area contributed by atoms with Gasteiger partial charge in [0.05, 0.1) is 0 Å². The Morgan fingerprint density at radius 1 is 1.27 bits per heavy atom. The molecular formula is C16H22FN3O2. The number of carbonyl (C=O) groups excluding carboxylic acids is 1. The average Bonchev–Trinajstić information content (AvgIpc) is 2.55. The number of rotatable bonds is 5. The van der Waals surface area contributed by atoms with Crippen molar-refractivity contribution in [2.24, 2.45) is 0 Å². The Kier molecular flexibility index (Phi) is 7.25. The quantitative estimate of drug-likeness (QED) is 0.918. The van der Waals surface area contributed by atoms with E-state index in [1.165, 1.54) is 12.3 Å². The highest BCUT2D eigenvalue weighted by Gasteiger charge is 2.10. The smallest absolute Gasteiger partial charge is 0.384 e. The van der Waals surface area contributed by atoms with Gasteiger partial charge in [-0.25, -0.2) is 14.7 Å². The second-order valence-electron chi connectivity index (χ2n) is 4.73. The van der Waals surface area contributed by atoms with Crippen molar-refractivity contribution in [1.82, 2.24) is 9.88 Å². The Balaban J connectivity index is 0.00000116. The van der Waals surface area contributed by atoms with Crippen molar-refractivity contribution in [2.45, 2.75) is 13.8 Å². The van der Waals surface area contributed by atoms with E-state index in [0.717, 1.165) is 29.5 Å². The van der Waals surface area contributed by atoms with Gasteiger partial charge in [-0.3, -0.25) is 0 Å². The van der Waals surface area contributed by atoms with Crippen LogP contribution in [0.3, 0.4) is 0 Å². The van der Waals surface area contributed by atoms with E-state index in [0.29, 0.717) is 0 Å². The Bertz CT molecular complexity index is 617. The van der Waals surface area contributed by atoms with Gasteiger partial charge in [-0.1, -0.05) is 19.9 Å². The molecule has 0 aliphatic carbocycles. The minimum absolute atomic E-state index is 0.0479. The zero-order chi connectivity index (χ0) is 16.5. The number of nitrogens with zero attached hydrogens (tertiary/aromatic N) is 2. The maximum Gasteiger partial charge on any atom is 0.397 e. The van der Waals surface area contributed by atoms with Gasteiger partial charge in [-0.2, -0.15) is 0 Å². The lowest BCUT2D eigenvalue weighted by Crippen LogP contribution is -2.20. The Morgan fingerprint density at radius 3 is 2.64 bits per heavy atom. The molecule has 0 bridgehead atoms. The van der Waals surface area contributed by atoms with E-state index in [9.17, 15) is 9.32 Å². The maximum absolute atomic E-state index is 11.8. The van der Waals surface area contributed by atoms with Crippen molar-refractivity contribution >= 4 is 22.4 Å². The molecule has 1 N–H and O–H groups in total. The summed E-state index contributed by atoms with van der Waals surface area (Å²) in [6.07, 6.45) is 1.53. The fourth-order valence-electron chi connectivity index (χ4n) is 1.83. The first kappa shape index (κ1) is 17.8. The summed E-state index contributed by atoms with van der Waals surface area (Å²) < 4.78 is 11.8. The summed E-state index contributed by atoms with van der Waals surface area (Å²) in [5.74, 6) is -1.08. The second kappa shape index (κ2) is 8.94. The van der Waals surface area contributed by atoms with Gasteiger partial charge in [-0.15, -0.1) is 0 Å². The monoisotopic (exact) mass is 307 g/mol. The molecule has 0 saturated heterocycles. The highest BCUT2D eigenvalue weighted by molar-refractivity contribution is 5.93. The first-order valence-electron chi connectivity index (χ1n) is 7.21. The molecule has 0 amide bonds. The molecule has 2 rings (SSSR count). The number of pyridine rings is 1. The van der Waals surface area contributed by atoms with Gasteiger partial charge in [0.15, 0.2) is 5.69 Å². The number of hydrogen-bond donors (Lipinski definition) is 1. The van der Waals surface area contributed by atoms with Gasteiger partial charge in [0, 0.05) is 34.9 Å². The van der Waals surface area contributed by atoms with E-state index in [1.807, 2.05) is 46.1 Å². The van der Waals surface area contributed by atoms with Crippen molar-refractivity contribution in [3.8, 4) is 0 Å². The van der Waals surface area contributed by atoms with E-state index in [4.69, 9.17) is 0 Å².